The van der Waals surface area contributed by atoms with Gasteiger partial charge in [-0.05, 0) is 50.6 Å². The summed E-state index contributed by atoms with van der Waals surface area (Å²) in [7, 11) is 0. The molecule has 120 valence electrons. The summed E-state index contributed by atoms with van der Waals surface area (Å²) in [5.41, 5.74) is 4.51. The second kappa shape index (κ2) is 6.75. The first-order valence-electron chi connectivity index (χ1n) is 7.97. The summed E-state index contributed by atoms with van der Waals surface area (Å²) >= 11 is 1.56. The standard InChI is InChI=1S/C19H22N2OS/c1-13-9-14(2)11-16(10-13)17-5-4-8-21(17)19(22)15-6-7-20-18(12-15)23-3/h6-7,9-12,17H,4-5,8H2,1-3H3. The molecule has 1 aliphatic heterocycles. The van der Waals surface area contributed by atoms with Crippen molar-refractivity contribution in [3.8, 4) is 0 Å². The Hall–Kier alpha value is -1.81. The summed E-state index contributed by atoms with van der Waals surface area (Å²) in [4.78, 5) is 19.2. The monoisotopic (exact) mass is 326 g/mol. The van der Waals surface area contributed by atoms with E-state index >= 15 is 0 Å². The minimum Gasteiger partial charge on any atom is -0.332 e. The number of rotatable bonds is 3. The van der Waals surface area contributed by atoms with Crippen molar-refractivity contribution in [2.75, 3.05) is 12.8 Å². The van der Waals surface area contributed by atoms with Crippen LogP contribution in [0, 0.1) is 13.8 Å². The van der Waals surface area contributed by atoms with E-state index in [1.165, 1.54) is 16.7 Å². The Morgan fingerprint density at radius 2 is 1.96 bits per heavy atom. The molecule has 1 atom stereocenters. The number of carbonyl (C=O) groups is 1. The number of benzene rings is 1. The molecule has 1 aromatic carbocycles. The van der Waals surface area contributed by atoms with Crippen molar-refractivity contribution in [2.45, 2.75) is 37.8 Å². The molecule has 0 radical (unpaired) electrons. The molecule has 3 rings (SSSR count). The number of pyridine rings is 1. The van der Waals surface area contributed by atoms with Gasteiger partial charge in [-0.1, -0.05) is 29.3 Å². The van der Waals surface area contributed by atoms with Crippen LogP contribution in [0.15, 0.2) is 41.6 Å². The number of aryl methyl sites for hydroxylation is 2. The summed E-state index contributed by atoms with van der Waals surface area (Å²) in [5.74, 6) is 0.115. The van der Waals surface area contributed by atoms with Crippen LogP contribution in [0.2, 0.25) is 0 Å². The molecular formula is C19H22N2OS. The Kier molecular flexibility index (Phi) is 4.71. The van der Waals surface area contributed by atoms with Crippen molar-refractivity contribution in [3.63, 3.8) is 0 Å². The van der Waals surface area contributed by atoms with Crippen LogP contribution in [0.5, 0.6) is 0 Å². The third-order valence-corrected chi connectivity index (χ3v) is 4.97. The number of aromatic nitrogens is 1. The number of likely N-dealkylation sites (tertiary alicyclic amines) is 1. The van der Waals surface area contributed by atoms with Gasteiger partial charge in [-0.2, -0.15) is 0 Å². The lowest BCUT2D eigenvalue weighted by Crippen LogP contribution is -2.30. The van der Waals surface area contributed by atoms with E-state index in [0.29, 0.717) is 0 Å². The van der Waals surface area contributed by atoms with Crippen molar-refractivity contribution < 1.29 is 4.79 Å². The molecule has 1 fully saturated rings. The van der Waals surface area contributed by atoms with Gasteiger partial charge >= 0.3 is 0 Å². The Morgan fingerprint density at radius 1 is 1.22 bits per heavy atom. The van der Waals surface area contributed by atoms with E-state index in [-0.39, 0.29) is 11.9 Å². The molecule has 0 aliphatic carbocycles. The minimum absolute atomic E-state index is 0.115. The van der Waals surface area contributed by atoms with Crippen LogP contribution in [-0.2, 0) is 0 Å². The predicted molar refractivity (Wildman–Crippen MR) is 94.9 cm³/mol. The SMILES string of the molecule is CSc1cc(C(=O)N2CCCC2c2cc(C)cc(C)c2)ccn1. The van der Waals surface area contributed by atoms with E-state index in [4.69, 9.17) is 0 Å². The summed E-state index contributed by atoms with van der Waals surface area (Å²) in [6, 6.07) is 10.5. The van der Waals surface area contributed by atoms with Crippen molar-refractivity contribution in [1.82, 2.24) is 9.88 Å². The molecule has 1 saturated heterocycles. The number of amides is 1. The first-order chi connectivity index (χ1) is 11.1. The summed E-state index contributed by atoms with van der Waals surface area (Å²) < 4.78 is 0. The van der Waals surface area contributed by atoms with Gasteiger partial charge in [0, 0.05) is 18.3 Å². The second-order valence-electron chi connectivity index (χ2n) is 6.16. The highest BCUT2D eigenvalue weighted by Crippen LogP contribution is 2.34. The highest BCUT2D eigenvalue weighted by Gasteiger charge is 2.30. The Bertz CT molecular complexity index is 709. The second-order valence-corrected chi connectivity index (χ2v) is 6.99. The number of thioether (sulfide) groups is 1. The molecule has 1 aliphatic rings. The molecular weight excluding hydrogens is 304 g/mol. The van der Waals surface area contributed by atoms with E-state index in [1.807, 2.05) is 23.3 Å². The lowest BCUT2D eigenvalue weighted by atomic mass is 9.99. The third kappa shape index (κ3) is 3.42. The van der Waals surface area contributed by atoms with Gasteiger partial charge in [0.1, 0.15) is 0 Å². The van der Waals surface area contributed by atoms with Gasteiger partial charge in [-0.15, -0.1) is 11.8 Å². The molecule has 2 aromatic rings. The van der Waals surface area contributed by atoms with E-state index in [1.54, 1.807) is 18.0 Å². The molecule has 0 saturated carbocycles. The van der Waals surface area contributed by atoms with E-state index < -0.39 is 0 Å². The van der Waals surface area contributed by atoms with Crippen LogP contribution in [0.3, 0.4) is 0 Å². The van der Waals surface area contributed by atoms with Crippen molar-refractivity contribution in [3.05, 3.63) is 58.8 Å². The zero-order chi connectivity index (χ0) is 16.4. The van der Waals surface area contributed by atoms with Gasteiger partial charge < -0.3 is 4.90 Å². The zero-order valence-electron chi connectivity index (χ0n) is 13.9. The Morgan fingerprint density at radius 3 is 2.65 bits per heavy atom. The van der Waals surface area contributed by atoms with Crippen LogP contribution >= 0.6 is 11.8 Å². The lowest BCUT2D eigenvalue weighted by Gasteiger charge is -2.26. The normalized spacial score (nSPS) is 17.5. The largest absolute Gasteiger partial charge is 0.332 e. The van der Waals surface area contributed by atoms with E-state index in [9.17, 15) is 4.79 Å². The summed E-state index contributed by atoms with van der Waals surface area (Å²) in [6.45, 7) is 5.06. The third-order valence-electron chi connectivity index (χ3n) is 4.33. The minimum atomic E-state index is 0.115. The lowest BCUT2D eigenvalue weighted by molar-refractivity contribution is 0.0735. The maximum absolute atomic E-state index is 13.0. The van der Waals surface area contributed by atoms with Crippen molar-refractivity contribution in [2.24, 2.45) is 0 Å². The summed E-state index contributed by atoms with van der Waals surface area (Å²) in [5, 5.41) is 0.887. The summed E-state index contributed by atoms with van der Waals surface area (Å²) in [6.07, 6.45) is 5.80. The average Bonchev–Trinajstić information content (AvgIpc) is 3.03. The molecule has 3 nitrogen and oxygen atoms in total. The first-order valence-corrected chi connectivity index (χ1v) is 9.20. The number of hydrogen-bond donors (Lipinski definition) is 0. The first kappa shape index (κ1) is 16.1. The molecule has 0 bridgehead atoms. The zero-order valence-corrected chi connectivity index (χ0v) is 14.7. The molecule has 0 spiro atoms. The number of nitrogens with zero attached hydrogens (tertiary/aromatic N) is 2. The molecule has 1 amide bonds. The van der Waals surface area contributed by atoms with Crippen molar-refractivity contribution in [1.29, 1.82) is 0 Å². The highest BCUT2D eigenvalue weighted by atomic mass is 32.2. The van der Waals surface area contributed by atoms with Crippen molar-refractivity contribution >= 4 is 17.7 Å². The van der Waals surface area contributed by atoms with E-state index in [2.05, 4.69) is 37.0 Å². The highest BCUT2D eigenvalue weighted by molar-refractivity contribution is 7.98. The number of carbonyl (C=O) groups excluding carboxylic acids is 1. The fourth-order valence-electron chi connectivity index (χ4n) is 3.38. The molecule has 0 N–H and O–H groups in total. The predicted octanol–water partition coefficient (Wildman–Crippen LogP) is 4.40. The smallest absolute Gasteiger partial charge is 0.254 e. The van der Waals surface area contributed by atoms with Gasteiger partial charge in [0.2, 0.25) is 0 Å². The van der Waals surface area contributed by atoms with Gasteiger partial charge in [0.25, 0.3) is 5.91 Å². The Labute approximate surface area is 142 Å². The van der Waals surface area contributed by atoms with Crippen LogP contribution in [0.25, 0.3) is 0 Å². The fraction of sp³-hybridized carbons (Fsp3) is 0.368. The molecule has 1 unspecified atom stereocenters. The molecule has 4 heteroatoms. The van der Waals surface area contributed by atoms with Crippen LogP contribution in [0.4, 0.5) is 0 Å². The van der Waals surface area contributed by atoms with Gasteiger partial charge in [0.05, 0.1) is 11.1 Å². The number of hydrogen-bond acceptors (Lipinski definition) is 3. The maximum Gasteiger partial charge on any atom is 0.254 e. The molecule has 23 heavy (non-hydrogen) atoms. The molecule has 1 aromatic heterocycles. The van der Waals surface area contributed by atoms with Crippen LogP contribution in [0.1, 0.15) is 45.9 Å². The van der Waals surface area contributed by atoms with Gasteiger partial charge in [-0.25, -0.2) is 4.98 Å². The topological polar surface area (TPSA) is 33.2 Å². The van der Waals surface area contributed by atoms with Gasteiger partial charge in [-0.3, -0.25) is 4.79 Å². The quantitative estimate of drug-likeness (QED) is 0.784. The molecule has 2 heterocycles. The van der Waals surface area contributed by atoms with Crippen LogP contribution in [-0.4, -0.2) is 28.6 Å². The van der Waals surface area contributed by atoms with E-state index in [0.717, 1.165) is 30.0 Å². The van der Waals surface area contributed by atoms with Gasteiger partial charge in [0.15, 0.2) is 0 Å². The average molecular weight is 326 g/mol. The maximum atomic E-state index is 13.0. The fourth-order valence-corrected chi connectivity index (χ4v) is 3.79. The van der Waals surface area contributed by atoms with Crippen LogP contribution < -0.4 is 0 Å². The Balaban J connectivity index is 1.90.